The zero-order valence-electron chi connectivity index (χ0n) is 8.34. The Kier molecular flexibility index (Phi) is 6.44. The summed E-state index contributed by atoms with van der Waals surface area (Å²) in [6, 6.07) is 0. The molecule has 0 fully saturated rings. The van der Waals surface area contributed by atoms with Crippen LogP contribution in [0.3, 0.4) is 0 Å². The van der Waals surface area contributed by atoms with E-state index in [0.29, 0.717) is 6.42 Å². The minimum Gasteiger partial charge on any atom is -0.349 e. The Morgan fingerprint density at radius 2 is 2.00 bits per heavy atom. The van der Waals surface area contributed by atoms with Crippen LogP contribution >= 0.6 is 0 Å². The number of hydrogen-bond donors (Lipinski definition) is 0. The number of carbonyl (C=O) groups excluding carboxylic acids is 1. The minimum absolute atomic E-state index is 0.222. The third kappa shape index (κ3) is 5.96. The first-order chi connectivity index (χ1) is 5.68. The zero-order valence-corrected chi connectivity index (χ0v) is 8.34. The Morgan fingerprint density at radius 1 is 1.33 bits per heavy atom. The van der Waals surface area contributed by atoms with Crippen molar-refractivity contribution < 1.29 is 4.79 Å². The number of unbranched alkanes of at least 4 members (excludes halogenated alkanes) is 1. The molecule has 2 heteroatoms. The maximum Gasteiger partial charge on any atom is 0.222 e. The minimum atomic E-state index is 0.222. The second-order valence-corrected chi connectivity index (χ2v) is 3.06. The molecule has 70 valence electrons. The van der Waals surface area contributed by atoms with Crippen LogP contribution in [0.15, 0.2) is 12.2 Å². The molecule has 2 nitrogen and oxygen atoms in total. The Labute approximate surface area is 75.3 Å². The molecule has 0 rings (SSSR count). The lowest BCUT2D eigenvalue weighted by molar-refractivity contribution is -0.128. The average molecular weight is 169 g/mol. The molecule has 0 bridgehead atoms. The second-order valence-electron chi connectivity index (χ2n) is 3.06. The summed E-state index contributed by atoms with van der Waals surface area (Å²) in [6.07, 6.45) is 8.02. The van der Waals surface area contributed by atoms with E-state index < -0.39 is 0 Å². The molecule has 0 aromatic carbocycles. The first-order valence-electron chi connectivity index (χ1n) is 4.53. The van der Waals surface area contributed by atoms with Crippen LogP contribution in [-0.2, 0) is 4.79 Å². The summed E-state index contributed by atoms with van der Waals surface area (Å²) < 4.78 is 0. The largest absolute Gasteiger partial charge is 0.349 e. The molecule has 0 aliphatic rings. The third-order valence-corrected chi connectivity index (χ3v) is 1.66. The number of allylic oxidation sites excluding steroid dienone is 2. The predicted octanol–water partition coefficient (Wildman–Crippen LogP) is 2.21. The molecule has 12 heavy (non-hydrogen) atoms. The van der Waals surface area contributed by atoms with Crippen molar-refractivity contribution in [1.29, 1.82) is 0 Å². The molecule has 0 unspecified atom stereocenters. The maximum atomic E-state index is 11.1. The fraction of sp³-hybridized carbons (Fsp3) is 0.700. The van der Waals surface area contributed by atoms with Crippen molar-refractivity contribution in [2.24, 2.45) is 0 Å². The van der Waals surface area contributed by atoms with Crippen LogP contribution in [0.4, 0.5) is 0 Å². The van der Waals surface area contributed by atoms with Gasteiger partial charge in [-0.15, -0.1) is 0 Å². The van der Waals surface area contributed by atoms with Crippen molar-refractivity contribution >= 4 is 5.91 Å². The summed E-state index contributed by atoms with van der Waals surface area (Å²) in [5.41, 5.74) is 0. The second kappa shape index (κ2) is 6.89. The lowest BCUT2D eigenvalue weighted by Crippen LogP contribution is -2.20. The molecule has 0 aromatic heterocycles. The normalized spacial score (nSPS) is 10.6. The molecule has 0 aliphatic heterocycles. The molecule has 0 radical (unpaired) electrons. The summed E-state index contributed by atoms with van der Waals surface area (Å²) in [6.45, 7) is 2.11. The number of nitrogens with zero attached hydrogens (tertiary/aromatic N) is 1. The van der Waals surface area contributed by atoms with Crippen LogP contribution in [-0.4, -0.2) is 24.9 Å². The van der Waals surface area contributed by atoms with Crippen LogP contribution in [0.25, 0.3) is 0 Å². The Morgan fingerprint density at radius 3 is 2.50 bits per heavy atom. The summed E-state index contributed by atoms with van der Waals surface area (Å²) in [7, 11) is 3.59. The van der Waals surface area contributed by atoms with Crippen molar-refractivity contribution in [3.05, 3.63) is 12.2 Å². The SMILES string of the molecule is CCC=CCCCC(=O)N(C)C. The van der Waals surface area contributed by atoms with Crippen LogP contribution < -0.4 is 0 Å². The van der Waals surface area contributed by atoms with Gasteiger partial charge in [-0.05, 0) is 19.3 Å². The fourth-order valence-corrected chi connectivity index (χ4v) is 0.879. The quantitative estimate of drug-likeness (QED) is 0.456. The summed E-state index contributed by atoms with van der Waals surface area (Å²) in [5.74, 6) is 0.222. The van der Waals surface area contributed by atoms with Crippen molar-refractivity contribution in [2.75, 3.05) is 14.1 Å². The first kappa shape index (κ1) is 11.2. The highest BCUT2D eigenvalue weighted by atomic mass is 16.2. The molecule has 0 heterocycles. The topological polar surface area (TPSA) is 20.3 Å². The molecule has 0 saturated carbocycles. The monoisotopic (exact) mass is 169 g/mol. The van der Waals surface area contributed by atoms with Crippen LogP contribution in [0.2, 0.25) is 0 Å². The van der Waals surface area contributed by atoms with E-state index in [1.807, 2.05) is 0 Å². The van der Waals surface area contributed by atoms with Gasteiger partial charge < -0.3 is 4.90 Å². The standard InChI is InChI=1S/C10H19NO/c1-4-5-6-7-8-9-10(12)11(2)3/h5-6H,4,7-9H2,1-3H3. The maximum absolute atomic E-state index is 11.1. The Bertz CT molecular complexity index is 150. The van der Waals surface area contributed by atoms with Gasteiger partial charge >= 0.3 is 0 Å². The van der Waals surface area contributed by atoms with Gasteiger partial charge in [0.05, 0.1) is 0 Å². The molecule has 0 aromatic rings. The molecule has 0 aliphatic carbocycles. The Hall–Kier alpha value is -0.790. The molecule has 0 atom stereocenters. The molecule has 0 spiro atoms. The first-order valence-corrected chi connectivity index (χ1v) is 4.53. The number of amides is 1. The summed E-state index contributed by atoms with van der Waals surface area (Å²) in [4.78, 5) is 12.7. The van der Waals surface area contributed by atoms with Crippen LogP contribution in [0, 0.1) is 0 Å². The lowest BCUT2D eigenvalue weighted by atomic mass is 10.2. The van der Waals surface area contributed by atoms with E-state index in [0.717, 1.165) is 19.3 Å². The van der Waals surface area contributed by atoms with Gasteiger partial charge in [0.2, 0.25) is 5.91 Å². The smallest absolute Gasteiger partial charge is 0.222 e. The van der Waals surface area contributed by atoms with Gasteiger partial charge in [-0.3, -0.25) is 4.79 Å². The molecule has 1 amide bonds. The van der Waals surface area contributed by atoms with Crippen molar-refractivity contribution in [3.8, 4) is 0 Å². The van der Waals surface area contributed by atoms with Gasteiger partial charge in [-0.2, -0.15) is 0 Å². The van der Waals surface area contributed by atoms with Crippen LogP contribution in [0.5, 0.6) is 0 Å². The van der Waals surface area contributed by atoms with E-state index in [1.165, 1.54) is 0 Å². The van der Waals surface area contributed by atoms with Crippen LogP contribution in [0.1, 0.15) is 32.6 Å². The highest BCUT2D eigenvalue weighted by Crippen LogP contribution is 1.99. The van der Waals surface area contributed by atoms with Gasteiger partial charge in [0, 0.05) is 20.5 Å². The Balaban J connectivity index is 3.31. The number of hydrogen-bond acceptors (Lipinski definition) is 1. The predicted molar refractivity (Wildman–Crippen MR) is 52.0 cm³/mol. The van der Waals surface area contributed by atoms with E-state index >= 15 is 0 Å². The fourth-order valence-electron chi connectivity index (χ4n) is 0.879. The number of carbonyl (C=O) groups is 1. The molecular weight excluding hydrogens is 150 g/mol. The zero-order chi connectivity index (χ0) is 9.40. The molecular formula is C10H19NO. The van der Waals surface area contributed by atoms with E-state index in [9.17, 15) is 4.79 Å². The highest BCUT2D eigenvalue weighted by molar-refractivity contribution is 5.75. The van der Waals surface area contributed by atoms with Crippen molar-refractivity contribution in [2.45, 2.75) is 32.6 Å². The van der Waals surface area contributed by atoms with E-state index in [1.54, 1.807) is 19.0 Å². The average Bonchev–Trinajstić information content (AvgIpc) is 2.03. The van der Waals surface area contributed by atoms with Gasteiger partial charge in [-0.25, -0.2) is 0 Å². The van der Waals surface area contributed by atoms with E-state index in [-0.39, 0.29) is 5.91 Å². The van der Waals surface area contributed by atoms with E-state index in [4.69, 9.17) is 0 Å². The van der Waals surface area contributed by atoms with E-state index in [2.05, 4.69) is 19.1 Å². The molecule has 0 saturated heterocycles. The lowest BCUT2D eigenvalue weighted by Gasteiger charge is -2.08. The van der Waals surface area contributed by atoms with Gasteiger partial charge in [-0.1, -0.05) is 19.1 Å². The highest BCUT2D eigenvalue weighted by Gasteiger charge is 2.00. The molecule has 0 N–H and O–H groups in total. The van der Waals surface area contributed by atoms with Gasteiger partial charge in [0.25, 0.3) is 0 Å². The third-order valence-electron chi connectivity index (χ3n) is 1.66. The van der Waals surface area contributed by atoms with Crippen molar-refractivity contribution in [1.82, 2.24) is 4.90 Å². The van der Waals surface area contributed by atoms with Gasteiger partial charge in [0.1, 0.15) is 0 Å². The summed E-state index contributed by atoms with van der Waals surface area (Å²) >= 11 is 0. The number of rotatable bonds is 5. The van der Waals surface area contributed by atoms with Gasteiger partial charge in [0.15, 0.2) is 0 Å². The summed E-state index contributed by atoms with van der Waals surface area (Å²) in [5, 5.41) is 0. The van der Waals surface area contributed by atoms with Crippen molar-refractivity contribution in [3.63, 3.8) is 0 Å².